The van der Waals surface area contributed by atoms with E-state index in [1.165, 1.54) is 12.2 Å². The second kappa shape index (κ2) is 25.2. The monoisotopic (exact) mass is 476 g/mol. The van der Waals surface area contributed by atoms with Crippen molar-refractivity contribution in [2.75, 3.05) is 0 Å². The maximum Gasteiger partial charge on any atom is 1.00 e. The van der Waals surface area contributed by atoms with Crippen molar-refractivity contribution in [1.29, 1.82) is 0 Å². The first-order valence-electron chi connectivity index (χ1n) is 7.72. The van der Waals surface area contributed by atoms with Gasteiger partial charge in [0, 0.05) is 0 Å². The van der Waals surface area contributed by atoms with Crippen LogP contribution in [0.2, 0.25) is 0 Å². The molecule has 0 spiro atoms. The molecule has 0 rings (SSSR count). The van der Waals surface area contributed by atoms with Crippen LogP contribution in [0.15, 0.2) is 48.6 Å². The van der Waals surface area contributed by atoms with E-state index >= 15 is 0 Å². The standard InChI is InChI=1S/C6H8O7.2C6H8O2.K.Na/c7-3(8)1-6(13,5(11)12)2-4(9)10;2*1-2-3-4-5-6(7)8;;/h13H,1-2H2,(H,7,8)(H,9,10)(H,11,12);2*2-5H,1H3,(H,7,8);;/q;;;2*+1/p-2. The van der Waals surface area contributed by atoms with Crippen LogP contribution in [0, 0.1) is 0 Å². The topological polar surface area (TPSA) is 212 Å². The molecule has 0 amide bonds. The minimum Gasteiger partial charge on any atom is -0.545 e. The predicted molar refractivity (Wildman–Crippen MR) is 95.0 cm³/mol. The molecule has 0 unspecified atom stereocenters. The molecule has 11 nitrogen and oxygen atoms in total. The fourth-order valence-electron chi connectivity index (χ4n) is 1.20. The van der Waals surface area contributed by atoms with E-state index in [1.54, 1.807) is 38.2 Å². The minimum atomic E-state index is -2.74. The third kappa shape index (κ3) is 33.7. The Morgan fingerprint density at radius 2 is 1.03 bits per heavy atom. The molecule has 31 heavy (non-hydrogen) atoms. The SMILES string of the molecule is CC=CC=CC(=O)[O-].CC=CC=CC(=O)[O-].O=C(O)CC(O)(CC(=O)O)C(=O)O.[K+].[Na+]. The van der Waals surface area contributed by atoms with Crippen LogP contribution >= 0.6 is 0 Å². The van der Waals surface area contributed by atoms with Gasteiger partial charge < -0.3 is 40.2 Å². The van der Waals surface area contributed by atoms with Crippen LogP contribution in [0.5, 0.6) is 0 Å². The van der Waals surface area contributed by atoms with E-state index in [4.69, 9.17) is 20.4 Å². The average Bonchev–Trinajstić information content (AvgIpc) is 2.54. The second-order valence-electron chi connectivity index (χ2n) is 4.89. The zero-order valence-electron chi connectivity index (χ0n) is 17.7. The molecule has 0 saturated carbocycles. The molecule has 0 atom stereocenters. The van der Waals surface area contributed by atoms with Gasteiger partial charge in [0.1, 0.15) is 0 Å². The van der Waals surface area contributed by atoms with E-state index in [-0.39, 0.29) is 80.9 Å². The molecular weight excluding hydrogens is 454 g/mol. The molecule has 0 aromatic heterocycles. The van der Waals surface area contributed by atoms with Gasteiger partial charge in [-0.2, -0.15) is 0 Å². The summed E-state index contributed by atoms with van der Waals surface area (Å²) in [5.41, 5.74) is -2.74. The van der Waals surface area contributed by atoms with Crippen molar-refractivity contribution in [2.45, 2.75) is 32.3 Å². The molecule has 0 bridgehead atoms. The molecule has 0 aliphatic heterocycles. The maximum atomic E-state index is 10.3. The quantitative estimate of drug-likeness (QED) is 0.139. The maximum absolute atomic E-state index is 10.3. The van der Waals surface area contributed by atoms with Gasteiger partial charge in [-0.15, -0.1) is 0 Å². The molecule has 162 valence electrons. The first-order chi connectivity index (χ1) is 13.3. The van der Waals surface area contributed by atoms with Crippen LogP contribution in [-0.2, 0) is 24.0 Å². The molecule has 0 aromatic rings. The van der Waals surface area contributed by atoms with Crippen molar-refractivity contribution in [3.8, 4) is 0 Å². The number of aliphatic hydroxyl groups is 1. The van der Waals surface area contributed by atoms with Gasteiger partial charge in [-0.05, 0) is 26.0 Å². The van der Waals surface area contributed by atoms with Gasteiger partial charge in [0.25, 0.3) is 0 Å². The van der Waals surface area contributed by atoms with Gasteiger partial charge in [-0.1, -0.05) is 36.5 Å². The van der Waals surface area contributed by atoms with Crippen molar-refractivity contribution < 1.29 is 136 Å². The number of carbonyl (C=O) groups excluding carboxylic acids is 2. The fourth-order valence-corrected chi connectivity index (χ4v) is 1.20. The molecule has 0 radical (unpaired) electrons. The Hall–Kier alpha value is -1.09. The smallest absolute Gasteiger partial charge is 0.545 e. The summed E-state index contributed by atoms with van der Waals surface area (Å²) in [7, 11) is 0. The largest absolute Gasteiger partial charge is 1.00 e. The van der Waals surface area contributed by atoms with Crippen molar-refractivity contribution >= 4 is 29.8 Å². The van der Waals surface area contributed by atoms with Crippen LogP contribution in [-0.4, -0.2) is 55.9 Å². The molecule has 0 aliphatic rings. The Bertz CT molecular complexity index is 634. The van der Waals surface area contributed by atoms with Crippen LogP contribution in [0.25, 0.3) is 0 Å². The number of hydrogen-bond acceptors (Lipinski definition) is 8. The van der Waals surface area contributed by atoms with Crippen LogP contribution in [0.3, 0.4) is 0 Å². The van der Waals surface area contributed by atoms with E-state index in [0.29, 0.717) is 0 Å². The van der Waals surface area contributed by atoms with E-state index in [0.717, 1.165) is 12.2 Å². The van der Waals surface area contributed by atoms with Crippen LogP contribution < -0.4 is 91.2 Å². The van der Waals surface area contributed by atoms with E-state index in [2.05, 4.69) is 0 Å². The number of carboxylic acids is 5. The van der Waals surface area contributed by atoms with E-state index < -0.39 is 48.3 Å². The summed E-state index contributed by atoms with van der Waals surface area (Å²) in [6.07, 6.45) is 9.19. The number of carboxylic acid groups (broad SMARTS) is 5. The summed E-state index contributed by atoms with van der Waals surface area (Å²) in [5, 5.41) is 53.1. The minimum absolute atomic E-state index is 0. The zero-order valence-corrected chi connectivity index (χ0v) is 22.8. The average molecular weight is 476 g/mol. The van der Waals surface area contributed by atoms with Crippen LogP contribution in [0.1, 0.15) is 26.7 Å². The normalized spacial score (nSPS) is 10.3. The first kappa shape index (κ1) is 40.3. The Labute approximate surface area is 243 Å². The summed E-state index contributed by atoms with van der Waals surface area (Å²) in [6, 6.07) is 0. The Balaban J connectivity index is -0.000000111. The molecule has 0 aromatic carbocycles. The Kier molecular flexibility index (Phi) is 32.7. The summed E-state index contributed by atoms with van der Waals surface area (Å²) >= 11 is 0. The third-order valence-electron chi connectivity index (χ3n) is 2.36. The molecular formula is C18H22KNaO11. The van der Waals surface area contributed by atoms with Gasteiger partial charge in [0.05, 0.1) is 24.8 Å². The Morgan fingerprint density at radius 1 is 0.742 bits per heavy atom. The van der Waals surface area contributed by atoms with E-state index in [9.17, 15) is 34.2 Å². The van der Waals surface area contributed by atoms with Gasteiger partial charge >= 0.3 is 98.8 Å². The van der Waals surface area contributed by atoms with Gasteiger partial charge in [0.2, 0.25) is 0 Å². The molecule has 4 N–H and O–H groups in total. The first-order valence-corrected chi connectivity index (χ1v) is 7.72. The molecule has 0 aliphatic carbocycles. The fraction of sp³-hybridized carbons (Fsp3) is 0.278. The summed E-state index contributed by atoms with van der Waals surface area (Å²) < 4.78 is 0. The Morgan fingerprint density at radius 3 is 1.19 bits per heavy atom. The number of aliphatic carboxylic acids is 5. The van der Waals surface area contributed by atoms with Crippen molar-refractivity contribution in [2.24, 2.45) is 0 Å². The number of rotatable bonds is 9. The summed E-state index contributed by atoms with van der Waals surface area (Å²) in [6.45, 7) is 3.61. The number of hydrogen-bond donors (Lipinski definition) is 4. The van der Waals surface area contributed by atoms with Gasteiger partial charge in [-0.25, -0.2) is 4.79 Å². The molecule has 0 heterocycles. The van der Waals surface area contributed by atoms with Crippen LogP contribution in [0.4, 0.5) is 0 Å². The zero-order chi connectivity index (χ0) is 23.5. The van der Waals surface area contributed by atoms with Gasteiger partial charge in [0.15, 0.2) is 5.60 Å². The van der Waals surface area contributed by atoms with Crippen molar-refractivity contribution in [3.05, 3.63) is 48.6 Å². The van der Waals surface area contributed by atoms with Crippen molar-refractivity contribution in [1.82, 2.24) is 0 Å². The summed E-state index contributed by atoms with van der Waals surface area (Å²) in [5.74, 6) is -7.35. The van der Waals surface area contributed by atoms with Gasteiger partial charge in [-0.3, -0.25) is 9.59 Å². The predicted octanol–water partition coefficient (Wildman–Crippen LogP) is -7.50. The van der Waals surface area contributed by atoms with E-state index in [1.807, 2.05) is 0 Å². The molecule has 13 heteroatoms. The second-order valence-corrected chi connectivity index (χ2v) is 4.89. The van der Waals surface area contributed by atoms with Crippen molar-refractivity contribution in [3.63, 3.8) is 0 Å². The molecule has 0 saturated heterocycles. The summed E-state index contributed by atoms with van der Waals surface area (Å²) in [4.78, 5) is 49.8. The number of carbonyl (C=O) groups is 5. The molecule has 0 fully saturated rings. The third-order valence-corrected chi connectivity index (χ3v) is 2.36. The number of allylic oxidation sites excluding steroid dienone is 6.